The molecule has 0 spiro atoms. The molecule has 7 heteroatoms. The molecule has 0 fully saturated rings. The number of halogens is 2. The van der Waals surface area contributed by atoms with Gasteiger partial charge >= 0.3 is 0 Å². The van der Waals surface area contributed by atoms with Crippen molar-refractivity contribution in [2.24, 2.45) is 0 Å². The maximum atomic E-state index is 13.8. The number of ether oxygens (including phenoxy) is 1. The van der Waals surface area contributed by atoms with Crippen molar-refractivity contribution >= 4 is 26.0 Å². The molecule has 0 aliphatic rings. The van der Waals surface area contributed by atoms with E-state index in [-0.39, 0.29) is 18.0 Å². The van der Waals surface area contributed by atoms with Crippen molar-refractivity contribution in [3.8, 4) is 5.75 Å². The summed E-state index contributed by atoms with van der Waals surface area (Å²) in [6, 6.07) is 11.3. The third-order valence-corrected chi connectivity index (χ3v) is 5.61. The molecule has 0 N–H and O–H groups in total. The second-order valence-corrected chi connectivity index (χ2v) is 8.00. The Balaban J connectivity index is 2.04. The predicted octanol–water partition coefficient (Wildman–Crippen LogP) is 3.60. The summed E-state index contributed by atoms with van der Waals surface area (Å²) in [6.45, 7) is 2.23. The van der Waals surface area contributed by atoms with E-state index in [0.717, 1.165) is 15.9 Å². The molecule has 0 radical (unpaired) electrons. The summed E-state index contributed by atoms with van der Waals surface area (Å²) in [5.41, 5.74) is 1.06. The minimum Gasteiger partial charge on any atom is -0.492 e. The zero-order valence-corrected chi connectivity index (χ0v) is 15.2. The lowest BCUT2D eigenvalue weighted by molar-refractivity contribution is 0.286. The van der Waals surface area contributed by atoms with E-state index < -0.39 is 15.8 Å². The maximum absolute atomic E-state index is 13.8. The number of hydrogen-bond acceptors (Lipinski definition) is 3. The average Bonchev–Trinajstić information content (AvgIpc) is 2.49. The summed E-state index contributed by atoms with van der Waals surface area (Å²) < 4.78 is 45.7. The minimum absolute atomic E-state index is 0.113. The zero-order valence-electron chi connectivity index (χ0n) is 12.8. The summed E-state index contributed by atoms with van der Waals surface area (Å²) in [7, 11) is -2.51. The van der Waals surface area contributed by atoms with E-state index in [2.05, 4.69) is 15.9 Å². The highest BCUT2D eigenvalue weighted by Gasteiger charge is 2.24. The van der Waals surface area contributed by atoms with Crippen LogP contribution < -0.4 is 4.74 Å². The normalized spacial score (nSPS) is 11.7. The van der Waals surface area contributed by atoms with Gasteiger partial charge in [0.15, 0.2) is 0 Å². The van der Waals surface area contributed by atoms with Crippen LogP contribution in [-0.2, 0) is 10.0 Å². The number of benzene rings is 2. The van der Waals surface area contributed by atoms with Crippen LogP contribution >= 0.6 is 15.9 Å². The molecular weight excluding hydrogens is 385 g/mol. The van der Waals surface area contributed by atoms with Crippen molar-refractivity contribution in [2.75, 3.05) is 20.2 Å². The smallest absolute Gasteiger partial charge is 0.245 e. The first kappa shape index (κ1) is 17.9. The largest absolute Gasteiger partial charge is 0.492 e. The summed E-state index contributed by atoms with van der Waals surface area (Å²) in [6.07, 6.45) is 0. The summed E-state index contributed by atoms with van der Waals surface area (Å²) in [5, 5.41) is 0. The molecule has 4 nitrogen and oxygen atoms in total. The van der Waals surface area contributed by atoms with Crippen molar-refractivity contribution in [1.82, 2.24) is 4.31 Å². The van der Waals surface area contributed by atoms with E-state index in [1.165, 1.54) is 19.2 Å². The third-order valence-electron chi connectivity index (χ3n) is 3.25. The van der Waals surface area contributed by atoms with Crippen LogP contribution in [0.3, 0.4) is 0 Å². The highest BCUT2D eigenvalue weighted by molar-refractivity contribution is 9.10. The standard InChI is InChI=1S/C16H17BrFNO3S/c1-12-4-3-5-14(10-12)22-9-8-19(2)23(20,21)16-11-13(17)6-7-15(16)18/h3-7,10-11H,8-9H2,1-2H3. The summed E-state index contributed by atoms with van der Waals surface area (Å²) in [4.78, 5) is -0.357. The number of sulfonamides is 1. The second kappa shape index (κ2) is 7.42. The fourth-order valence-electron chi connectivity index (χ4n) is 1.96. The topological polar surface area (TPSA) is 46.6 Å². The number of likely N-dealkylation sites (N-methyl/N-ethyl adjacent to an activating group) is 1. The van der Waals surface area contributed by atoms with E-state index >= 15 is 0 Å². The van der Waals surface area contributed by atoms with Gasteiger partial charge in [0.05, 0.1) is 0 Å². The molecule has 0 heterocycles. The van der Waals surface area contributed by atoms with Crippen LogP contribution in [0.5, 0.6) is 5.75 Å². The van der Waals surface area contributed by atoms with Crippen LogP contribution in [0.2, 0.25) is 0 Å². The van der Waals surface area contributed by atoms with Gasteiger partial charge in [-0.15, -0.1) is 0 Å². The Labute approximate surface area is 144 Å². The van der Waals surface area contributed by atoms with E-state index in [1.807, 2.05) is 25.1 Å². The van der Waals surface area contributed by atoms with Crippen LogP contribution in [0.1, 0.15) is 5.56 Å². The van der Waals surface area contributed by atoms with Gasteiger partial charge in [-0.25, -0.2) is 12.8 Å². The minimum atomic E-state index is -3.91. The average molecular weight is 402 g/mol. The Kier molecular flexibility index (Phi) is 5.78. The van der Waals surface area contributed by atoms with Gasteiger partial charge in [0.25, 0.3) is 0 Å². The summed E-state index contributed by atoms with van der Waals surface area (Å²) in [5.74, 6) is -0.107. The van der Waals surface area contributed by atoms with Crippen molar-refractivity contribution in [3.05, 3.63) is 58.3 Å². The highest BCUT2D eigenvalue weighted by Crippen LogP contribution is 2.22. The van der Waals surface area contributed by atoms with Gasteiger partial charge in [0.1, 0.15) is 23.1 Å². The van der Waals surface area contributed by atoms with Gasteiger partial charge in [-0.05, 0) is 42.8 Å². The molecule has 0 atom stereocenters. The SMILES string of the molecule is Cc1cccc(OCCN(C)S(=O)(=O)c2cc(Br)ccc2F)c1. The summed E-state index contributed by atoms with van der Waals surface area (Å²) >= 11 is 3.15. The van der Waals surface area contributed by atoms with Gasteiger partial charge in [-0.2, -0.15) is 4.31 Å². The molecule has 0 saturated heterocycles. The first-order valence-corrected chi connectivity index (χ1v) is 9.15. The Morgan fingerprint density at radius 1 is 1.22 bits per heavy atom. The van der Waals surface area contributed by atoms with Crippen LogP contribution in [0.15, 0.2) is 51.8 Å². The lowest BCUT2D eigenvalue weighted by Crippen LogP contribution is -2.31. The predicted molar refractivity (Wildman–Crippen MR) is 90.6 cm³/mol. The first-order chi connectivity index (χ1) is 10.8. The van der Waals surface area contributed by atoms with Crippen molar-refractivity contribution < 1.29 is 17.5 Å². The van der Waals surface area contributed by atoms with Gasteiger partial charge < -0.3 is 4.74 Å². The fraction of sp³-hybridized carbons (Fsp3) is 0.250. The molecule has 23 heavy (non-hydrogen) atoms. The van der Waals surface area contributed by atoms with Crippen LogP contribution in [0.4, 0.5) is 4.39 Å². The van der Waals surface area contributed by atoms with Gasteiger partial charge in [0, 0.05) is 18.1 Å². The zero-order chi connectivity index (χ0) is 17.0. The highest BCUT2D eigenvalue weighted by atomic mass is 79.9. The van der Waals surface area contributed by atoms with E-state index in [9.17, 15) is 12.8 Å². The lowest BCUT2D eigenvalue weighted by atomic mass is 10.2. The number of nitrogens with zero attached hydrogens (tertiary/aromatic N) is 1. The molecule has 0 aliphatic heterocycles. The first-order valence-electron chi connectivity index (χ1n) is 6.91. The molecule has 0 saturated carbocycles. The Bertz CT molecular complexity index is 796. The van der Waals surface area contributed by atoms with Crippen LogP contribution in [0, 0.1) is 12.7 Å². The molecule has 0 bridgehead atoms. The van der Waals surface area contributed by atoms with E-state index in [0.29, 0.717) is 10.2 Å². The Morgan fingerprint density at radius 2 is 1.96 bits per heavy atom. The molecule has 0 aromatic heterocycles. The number of aryl methyl sites for hydroxylation is 1. The van der Waals surface area contributed by atoms with Crippen molar-refractivity contribution in [1.29, 1.82) is 0 Å². The van der Waals surface area contributed by atoms with Crippen molar-refractivity contribution in [2.45, 2.75) is 11.8 Å². The van der Waals surface area contributed by atoms with Gasteiger partial charge in [-0.3, -0.25) is 0 Å². The van der Waals surface area contributed by atoms with Crippen LogP contribution in [-0.4, -0.2) is 32.9 Å². The molecule has 0 amide bonds. The van der Waals surface area contributed by atoms with Crippen LogP contribution in [0.25, 0.3) is 0 Å². The van der Waals surface area contributed by atoms with Gasteiger partial charge in [0.2, 0.25) is 10.0 Å². The molecule has 2 aromatic rings. The third kappa shape index (κ3) is 4.53. The Hall–Kier alpha value is -1.44. The Morgan fingerprint density at radius 3 is 2.65 bits per heavy atom. The number of rotatable bonds is 6. The molecule has 2 aromatic carbocycles. The molecule has 124 valence electrons. The quantitative estimate of drug-likeness (QED) is 0.742. The molecule has 0 unspecified atom stereocenters. The number of hydrogen-bond donors (Lipinski definition) is 0. The van der Waals surface area contributed by atoms with E-state index in [4.69, 9.17) is 4.74 Å². The monoisotopic (exact) mass is 401 g/mol. The fourth-order valence-corrected chi connectivity index (χ4v) is 3.71. The molecule has 0 aliphatic carbocycles. The molecular formula is C16H17BrFNO3S. The molecule has 2 rings (SSSR count). The van der Waals surface area contributed by atoms with E-state index in [1.54, 1.807) is 6.07 Å². The second-order valence-electron chi connectivity index (χ2n) is 5.07. The van der Waals surface area contributed by atoms with Gasteiger partial charge in [-0.1, -0.05) is 28.1 Å². The van der Waals surface area contributed by atoms with Crippen molar-refractivity contribution in [3.63, 3.8) is 0 Å². The maximum Gasteiger partial charge on any atom is 0.245 e. The lowest BCUT2D eigenvalue weighted by Gasteiger charge is -2.18.